The number of hydrogen-bond acceptors (Lipinski definition) is 4. The highest BCUT2D eigenvalue weighted by Gasteiger charge is 2.09. The molecule has 0 spiro atoms. The van der Waals surface area contributed by atoms with Gasteiger partial charge in [-0.15, -0.1) is 0 Å². The number of rotatable bonds is 5. The average molecular weight is 223 g/mol. The summed E-state index contributed by atoms with van der Waals surface area (Å²) in [6.45, 7) is 1.67. The minimum atomic E-state index is -3.04. The second kappa shape index (κ2) is 5.35. The molecule has 2 unspecified atom stereocenters. The molecule has 0 aromatic heterocycles. The highest BCUT2D eigenvalue weighted by molar-refractivity contribution is 7.92. The van der Waals surface area contributed by atoms with Crippen molar-refractivity contribution in [3.63, 3.8) is 0 Å². The molecule has 0 rings (SSSR count). The van der Waals surface area contributed by atoms with Crippen LogP contribution in [0.1, 0.15) is 6.92 Å². The zero-order valence-corrected chi connectivity index (χ0v) is 9.32. The van der Waals surface area contributed by atoms with E-state index in [1.54, 1.807) is 6.92 Å². The molecule has 0 aliphatic rings. The minimum absolute atomic E-state index is 0.0717. The summed E-state index contributed by atoms with van der Waals surface area (Å²) < 4.78 is 32.5. The number of hydrogen-bond donors (Lipinski definition) is 0. The number of nitriles is 1. The largest absolute Gasteiger partial charge is 0.260 e. The maximum Gasteiger partial charge on any atom is 0.148 e. The van der Waals surface area contributed by atoms with Gasteiger partial charge >= 0.3 is 0 Å². The van der Waals surface area contributed by atoms with Gasteiger partial charge in [-0.2, -0.15) is 5.26 Å². The monoisotopic (exact) mass is 223 g/mol. The second-order valence-corrected chi connectivity index (χ2v) is 6.85. The molecule has 0 bridgehead atoms. The van der Waals surface area contributed by atoms with Crippen LogP contribution in [0.2, 0.25) is 0 Å². The molecule has 0 aliphatic carbocycles. The Kier molecular flexibility index (Phi) is 5.18. The van der Waals surface area contributed by atoms with Gasteiger partial charge in [-0.25, -0.2) is 8.42 Å². The molecule has 0 radical (unpaired) electrons. The van der Waals surface area contributed by atoms with E-state index in [9.17, 15) is 12.6 Å². The SMILES string of the molecule is CC(C#N)CS(=O)CCS(C)(=O)=O. The second-order valence-electron chi connectivity index (χ2n) is 2.97. The van der Waals surface area contributed by atoms with Crippen LogP contribution in [-0.2, 0) is 20.6 Å². The Balaban J connectivity index is 3.85. The number of sulfone groups is 1. The average Bonchev–Trinajstić information content (AvgIpc) is 1.99. The van der Waals surface area contributed by atoms with Crippen molar-refractivity contribution >= 4 is 20.6 Å². The molecule has 0 aromatic carbocycles. The van der Waals surface area contributed by atoms with Crippen LogP contribution in [0.4, 0.5) is 0 Å². The van der Waals surface area contributed by atoms with Gasteiger partial charge in [-0.3, -0.25) is 4.21 Å². The molecule has 0 aromatic rings. The lowest BCUT2D eigenvalue weighted by atomic mass is 10.3. The molecule has 76 valence electrons. The van der Waals surface area contributed by atoms with E-state index in [1.807, 2.05) is 6.07 Å². The molecule has 0 heterocycles. The predicted molar refractivity (Wildman–Crippen MR) is 52.4 cm³/mol. The van der Waals surface area contributed by atoms with Gasteiger partial charge < -0.3 is 0 Å². The van der Waals surface area contributed by atoms with E-state index in [2.05, 4.69) is 0 Å². The zero-order chi connectivity index (χ0) is 10.5. The van der Waals surface area contributed by atoms with E-state index >= 15 is 0 Å². The van der Waals surface area contributed by atoms with Crippen molar-refractivity contribution in [1.82, 2.24) is 0 Å². The van der Waals surface area contributed by atoms with Crippen molar-refractivity contribution in [3.05, 3.63) is 0 Å². The molecule has 4 nitrogen and oxygen atoms in total. The first-order valence-corrected chi connectivity index (χ1v) is 7.32. The lowest BCUT2D eigenvalue weighted by Crippen LogP contribution is -2.16. The van der Waals surface area contributed by atoms with Gasteiger partial charge in [-0.05, 0) is 6.92 Å². The molecule has 6 heteroatoms. The summed E-state index contributed by atoms with van der Waals surface area (Å²) in [5.74, 6) is 0.0367. The normalized spacial score (nSPS) is 16.1. The Labute approximate surface area is 81.3 Å². The van der Waals surface area contributed by atoms with E-state index in [-0.39, 0.29) is 23.2 Å². The van der Waals surface area contributed by atoms with Crippen LogP contribution < -0.4 is 0 Å². The van der Waals surface area contributed by atoms with Gasteiger partial charge in [0.05, 0.1) is 17.7 Å². The molecule has 0 fully saturated rings. The molecule has 0 N–H and O–H groups in total. The minimum Gasteiger partial charge on any atom is -0.260 e. The lowest BCUT2D eigenvalue weighted by molar-refractivity contribution is 0.602. The van der Waals surface area contributed by atoms with Gasteiger partial charge in [-0.1, -0.05) is 0 Å². The molecule has 0 saturated carbocycles. The van der Waals surface area contributed by atoms with E-state index in [0.717, 1.165) is 6.26 Å². The molecular weight excluding hydrogens is 210 g/mol. The first-order chi connectivity index (χ1) is 5.85. The standard InChI is InChI=1S/C7H13NO3S2/c1-7(5-8)6-12(9)3-4-13(2,10)11/h7H,3-4,6H2,1-2H3. The maximum absolute atomic E-state index is 11.2. The smallest absolute Gasteiger partial charge is 0.148 e. The Morgan fingerprint density at radius 1 is 1.54 bits per heavy atom. The first kappa shape index (κ1) is 12.6. The summed E-state index contributed by atoms with van der Waals surface area (Å²) in [6, 6.07) is 1.95. The van der Waals surface area contributed by atoms with Gasteiger partial charge in [0.2, 0.25) is 0 Å². The van der Waals surface area contributed by atoms with Crippen LogP contribution in [-0.4, -0.2) is 36.1 Å². The highest BCUT2D eigenvalue weighted by Crippen LogP contribution is 1.97. The van der Waals surface area contributed by atoms with Gasteiger partial charge in [0, 0.05) is 28.6 Å². The molecule has 2 atom stereocenters. The van der Waals surface area contributed by atoms with E-state index < -0.39 is 20.6 Å². The summed E-state index contributed by atoms with van der Waals surface area (Å²) in [6.07, 6.45) is 1.11. The van der Waals surface area contributed by atoms with Crippen molar-refractivity contribution in [3.8, 4) is 6.07 Å². The molecule has 0 aliphatic heterocycles. The summed E-state index contributed by atoms with van der Waals surface area (Å²) in [4.78, 5) is 0. The van der Waals surface area contributed by atoms with Crippen molar-refractivity contribution in [2.75, 3.05) is 23.5 Å². The Morgan fingerprint density at radius 2 is 2.08 bits per heavy atom. The Bertz CT molecular complexity index is 315. The summed E-state index contributed by atoms with van der Waals surface area (Å²) in [5, 5.41) is 8.41. The third kappa shape index (κ3) is 7.94. The number of nitrogens with zero attached hydrogens (tertiary/aromatic N) is 1. The first-order valence-electron chi connectivity index (χ1n) is 3.77. The Morgan fingerprint density at radius 3 is 2.46 bits per heavy atom. The van der Waals surface area contributed by atoms with Gasteiger partial charge in [0.1, 0.15) is 9.84 Å². The molecule has 0 amide bonds. The third-order valence-corrected chi connectivity index (χ3v) is 4.07. The lowest BCUT2D eigenvalue weighted by Gasteiger charge is -2.01. The highest BCUT2D eigenvalue weighted by atomic mass is 32.2. The molecular formula is C7H13NO3S2. The predicted octanol–water partition coefficient (Wildman–Crippen LogP) is -0.0606. The van der Waals surface area contributed by atoms with Crippen LogP contribution in [0.3, 0.4) is 0 Å². The Hall–Kier alpha value is -0.410. The van der Waals surface area contributed by atoms with Crippen molar-refractivity contribution in [2.24, 2.45) is 5.92 Å². The van der Waals surface area contributed by atoms with E-state index in [1.165, 1.54) is 0 Å². The summed E-state index contributed by atoms with van der Waals surface area (Å²) >= 11 is 0. The van der Waals surface area contributed by atoms with Crippen LogP contribution in [0, 0.1) is 17.2 Å². The third-order valence-electron chi connectivity index (χ3n) is 1.34. The topological polar surface area (TPSA) is 75.0 Å². The van der Waals surface area contributed by atoms with Crippen LogP contribution in [0.15, 0.2) is 0 Å². The van der Waals surface area contributed by atoms with Crippen LogP contribution in [0.5, 0.6) is 0 Å². The quantitative estimate of drug-likeness (QED) is 0.654. The van der Waals surface area contributed by atoms with Gasteiger partial charge in [0.25, 0.3) is 0 Å². The van der Waals surface area contributed by atoms with E-state index in [4.69, 9.17) is 5.26 Å². The molecule has 13 heavy (non-hydrogen) atoms. The van der Waals surface area contributed by atoms with Crippen molar-refractivity contribution < 1.29 is 12.6 Å². The zero-order valence-electron chi connectivity index (χ0n) is 7.69. The summed E-state index contributed by atoms with van der Waals surface area (Å²) in [5.41, 5.74) is 0. The van der Waals surface area contributed by atoms with Crippen LogP contribution >= 0.6 is 0 Å². The summed E-state index contributed by atoms with van der Waals surface area (Å²) in [7, 11) is -4.24. The molecule has 0 saturated heterocycles. The maximum atomic E-state index is 11.2. The fourth-order valence-corrected chi connectivity index (χ4v) is 3.40. The van der Waals surface area contributed by atoms with Gasteiger partial charge in [0.15, 0.2) is 0 Å². The fraction of sp³-hybridized carbons (Fsp3) is 0.857. The fourth-order valence-electron chi connectivity index (χ4n) is 0.644. The van der Waals surface area contributed by atoms with E-state index in [0.29, 0.717) is 0 Å². The van der Waals surface area contributed by atoms with Crippen molar-refractivity contribution in [2.45, 2.75) is 6.92 Å². The van der Waals surface area contributed by atoms with Crippen molar-refractivity contribution in [1.29, 1.82) is 5.26 Å². The van der Waals surface area contributed by atoms with Crippen LogP contribution in [0.25, 0.3) is 0 Å².